The summed E-state index contributed by atoms with van der Waals surface area (Å²) in [5.74, 6) is 0.511. The summed E-state index contributed by atoms with van der Waals surface area (Å²) < 4.78 is 0. The highest BCUT2D eigenvalue weighted by atomic mass is 32.1. The fraction of sp³-hybridized carbons (Fsp3) is 0.412. The van der Waals surface area contributed by atoms with E-state index in [2.05, 4.69) is 15.6 Å². The monoisotopic (exact) mass is 330 g/mol. The van der Waals surface area contributed by atoms with Crippen LogP contribution in [0.25, 0.3) is 0 Å². The number of anilines is 2. The highest BCUT2D eigenvalue weighted by Gasteiger charge is 2.23. The summed E-state index contributed by atoms with van der Waals surface area (Å²) in [7, 11) is 0. The fourth-order valence-electron chi connectivity index (χ4n) is 3.01. The van der Waals surface area contributed by atoms with Crippen molar-refractivity contribution in [3.05, 3.63) is 41.4 Å². The van der Waals surface area contributed by atoms with Gasteiger partial charge in [0, 0.05) is 11.1 Å². The maximum atomic E-state index is 12.0. The molecule has 1 aliphatic rings. The molecule has 3 rings (SSSR count). The number of amides is 2. The molecule has 0 radical (unpaired) electrons. The van der Waals surface area contributed by atoms with Crippen LogP contribution in [0.2, 0.25) is 0 Å². The van der Waals surface area contributed by atoms with Crippen molar-refractivity contribution in [3.8, 4) is 0 Å². The number of benzene rings is 1. The van der Waals surface area contributed by atoms with Gasteiger partial charge in [0.1, 0.15) is 0 Å². The minimum absolute atomic E-state index is 0.0284. The van der Waals surface area contributed by atoms with Gasteiger partial charge in [-0.2, -0.15) is 0 Å². The molecule has 2 amide bonds. The number of para-hydroxylation sites is 1. The van der Waals surface area contributed by atoms with Crippen molar-refractivity contribution < 1.29 is 4.79 Å². The Morgan fingerprint density at radius 1 is 1.17 bits per heavy atom. The number of nitrogens with two attached hydrogens (primary N) is 1. The van der Waals surface area contributed by atoms with Crippen molar-refractivity contribution in [2.24, 2.45) is 11.7 Å². The molecule has 0 aliphatic heterocycles. The molecule has 1 unspecified atom stereocenters. The number of carbonyl (C=O) groups is 1. The lowest BCUT2D eigenvalue weighted by Crippen LogP contribution is -2.24. The fourth-order valence-corrected chi connectivity index (χ4v) is 3.76. The molecule has 1 heterocycles. The molecule has 4 N–H and O–H groups in total. The van der Waals surface area contributed by atoms with Crippen LogP contribution in [0.15, 0.2) is 35.7 Å². The van der Waals surface area contributed by atoms with Gasteiger partial charge in [-0.15, -0.1) is 11.3 Å². The first kappa shape index (κ1) is 16.0. The van der Waals surface area contributed by atoms with Crippen LogP contribution in [-0.2, 0) is 0 Å². The van der Waals surface area contributed by atoms with E-state index in [4.69, 9.17) is 5.73 Å². The predicted octanol–water partition coefficient (Wildman–Crippen LogP) is 4.37. The van der Waals surface area contributed by atoms with Crippen LogP contribution < -0.4 is 16.4 Å². The lowest BCUT2D eigenvalue weighted by atomic mass is 9.83. The van der Waals surface area contributed by atoms with Crippen molar-refractivity contribution >= 4 is 28.2 Å². The van der Waals surface area contributed by atoms with Crippen molar-refractivity contribution in [2.45, 2.75) is 38.1 Å². The molecule has 0 saturated heterocycles. The summed E-state index contributed by atoms with van der Waals surface area (Å²) in [5.41, 5.74) is 7.99. The summed E-state index contributed by atoms with van der Waals surface area (Å²) in [4.78, 5) is 16.5. The van der Waals surface area contributed by atoms with Gasteiger partial charge in [0.25, 0.3) is 0 Å². The van der Waals surface area contributed by atoms with Crippen LogP contribution in [0.4, 0.5) is 15.6 Å². The van der Waals surface area contributed by atoms with E-state index < -0.39 is 0 Å². The van der Waals surface area contributed by atoms with E-state index in [0.717, 1.165) is 11.4 Å². The summed E-state index contributed by atoms with van der Waals surface area (Å²) in [6, 6.07) is 9.02. The first-order valence-corrected chi connectivity index (χ1v) is 8.94. The third-order valence-electron chi connectivity index (χ3n) is 4.27. The molecule has 1 saturated carbocycles. The van der Waals surface area contributed by atoms with Crippen LogP contribution in [0.3, 0.4) is 0 Å². The van der Waals surface area contributed by atoms with Gasteiger partial charge >= 0.3 is 6.03 Å². The average Bonchev–Trinajstić information content (AvgIpc) is 3.04. The van der Waals surface area contributed by atoms with E-state index in [-0.39, 0.29) is 12.1 Å². The number of hydrogen-bond acceptors (Lipinski definition) is 4. The Bertz CT molecular complexity index is 637. The van der Waals surface area contributed by atoms with E-state index in [1.165, 1.54) is 43.4 Å². The molecule has 2 aromatic rings. The SMILES string of the molecule is NC(c1csc(NC(=O)Nc2ccccc2)n1)C1CCCCC1. The van der Waals surface area contributed by atoms with E-state index in [1.807, 2.05) is 35.7 Å². The van der Waals surface area contributed by atoms with Gasteiger partial charge in [0.05, 0.1) is 11.7 Å². The lowest BCUT2D eigenvalue weighted by Gasteiger charge is -2.26. The molecule has 0 spiro atoms. The first-order valence-electron chi connectivity index (χ1n) is 8.06. The molecule has 5 nitrogen and oxygen atoms in total. The Kier molecular flexibility index (Phi) is 5.25. The van der Waals surface area contributed by atoms with Crippen LogP contribution in [0.1, 0.15) is 43.8 Å². The number of thiazole rings is 1. The quantitative estimate of drug-likeness (QED) is 0.779. The summed E-state index contributed by atoms with van der Waals surface area (Å²) in [6.45, 7) is 0. The Morgan fingerprint density at radius 3 is 2.65 bits per heavy atom. The van der Waals surface area contributed by atoms with Gasteiger partial charge in [0.15, 0.2) is 5.13 Å². The topological polar surface area (TPSA) is 80.0 Å². The zero-order chi connectivity index (χ0) is 16.1. The Balaban J connectivity index is 1.57. The molecule has 6 heteroatoms. The zero-order valence-electron chi connectivity index (χ0n) is 13.0. The molecule has 1 aliphatic carbocycles. The van der Waals surface area contributed by atoms with Crippen LogP contribution in [-0.4, -0.2) is 11.0 Å². The lowest BCUT2D eigenvalue weighted by molar-refractivity contribution is 0.262. The molecule has 1 atom stereocenters. The van der Waals surface area contributed by atoms with E-state index in [9.17, 15) is 4.79 Å². The highest BCUT2D eigenvalue weighted by Crippen LogP contribution is 2.33. The van der Waals surface area contributed by atoms with E-state index >= 15 is 0 Å². The van der Waals surface area contributed by atoms with Crippen molar-refractivity contribution in [1.29, 1.82) is 0 Å². The summed E-state index contributed by atoms with van der Waals surface area (Å²) in [5, 5.41) is 8.09. The second-order valence-corrected chi connectivity index (χ2v) is 6.80. The standard InChI is InChI=1S/C17H22N4OS/c18-15(12-7-3-1-4-8-12)14-11-23-17(20-14)21-16(22)19-13-9-5-2-6-10-13/h2,5-6,9-12,15H,1,3-4,7-8,18H2,(H2,19,20,21,22). The van der Waals surface area contributed by atoms with Crippen LogP contribution in [0.5, 0.6) is 0 Å². The largest absolute Gasteiger partial charge is 0.325 e. The number of nitrogens with zero attached hydrogens (tertiary/aromatic N) is 1. The second-order valence-electron chi connectivity index (χ2n) is 5.95. The van der Waals surface area contributed by atoms with Crippen molar-refractivity contribution in [3.63, 3.8) is 0 Å². The number of rotatable bonds is 4. The van der Waals surface area contributed by atoms with Crippen LogP contribution in [0, 0.1) is 5.92 Å². The van der Waals surface area contributed by atoms with Gasteiger partial charge in [-0.1, -0.05) is 37.5 Å². The third kappa shape index (κ3) is 4.30. The van der Waals surface area contributed by atoms with Crippen molar-refractivity contribution in [2.75, 3.05) is 10.6 Å². The maximum Gasteiger partial charge on any atom is 0.325 e. The average molecular weight is 330 g/mol. The van der Waals surface area contributed by atoms with E-state index in [0.29, 0.717) is 11.0 Å². The third-order valence-corrected chi connectivity index (χ3v) is 5.05. The Labute approximate surface area is 140 Å². The number of carbonyl (C=O) groups excluding carboxylic acids is 1. The second kappa shape index (κ2) is 7.57. The molecule has 23 heavy (non-hydrogen) atoms. The summed E-state index contributed by atoms with van der Waals surface area (Å²) >= 11 is 1.42. The number of nitrogens with one attached hydrogen (secondary N) is 2. The van der Waals surface area contributed by atoms with Crippen molar-refractivity contribution in [1.82, 2.24) is 4.98 Å². The zero-order valence-corrected chi connectivity index (χ0v) is 13.8. The molecule has 122 valence electrons. The number of urea groups is 1. The van der Waals surface area contributed by atoms with Gasteiger partial charge in [0.2, 0.25) is 0 Å². The van der Waals surface area contributed by atoms with E-state index in [1.54, 1.807) is 0 Å². The minimum atomic E-state index is -0.289. The predicted molar refractivity (Wildman–Crippen MR) is 94.7 cm³/mol. The Hall–Kier alpha value is -1.92. The molecular weight excluding hydrogens is 308 g/mol. The van der Waals surface area contributed by atoms with Gasteiger partial charge < -0.3 is 11.1 Å². The molecule has 1 fully saturated rings. The number of hydrogen-bond donors (Lipinski definition) is 3. The molecule has 1 aromatic heterocycles. The smallest absolute Gasteiger partial charge is 0.322 e. The van der Waals surface area contributed by atoms with Gasteiger partial charge in [-0.3, -0.25) is 5.32 Å². The van der Waals surface area contributed by atoms with Crippen LogP contribution >= 0.6 is 11.3 Å². The summed E-state index contributed by atoms with van der Waals surface area (Å²) in [6.07, 6.45) is 6.18. The normalized spacial score (nSPS) is 16.7. The highest BCUT2D eigenvalue weighted by molar-refractivity contribution is 7.13. The number of aromatic nitrogens is 1. The Morgan fingerprint density at radius 2 is 1.91 bits per heavy atom. The van der Waals surface area contributed by atoms with Gasteiger partial charge in [-0.05, 0) is 30.9 Å². The molecule has 1 aromatic carbocycles. The maximum absolute atomic E-state index is 12.0. The first-order chi connectivity index (χ1) is 11.2. The minimum Gasteiger partial charge on any atom is -0.322 e. The van der Waals surface area contributed by atoms with Gasteiger partial charge in [-0.25, -0.2) is 9.78 Å². The molecular formula is C17H22N4OS. The molecule has 0 bridgehead atoms.